The number of fused-ring (bicyclic) bond motifs is 1. The molecule has 4 rings (SSSR count). The maximum absolute atomic E-state index is 12.9. The van der Waals surface area contributed by atoms with E-state index in [-0.39, 0.29) is 5.75 Å². The van der Waals surface area contributed by atoms with Crippen LogP contribution in [0.2, 0.25) is 0 Å². The van der Waals surface area contributed by atoms with Crippen LogP contribution in [0.15, 0.2) is 48.5 Å². The van der Waals surface area contributed by atoms with E-state index >= 15 is 0 Å². The summed E-state index contributed by atoms with van der Waals surface area (Å²) in [6, 6.07) is 15.6. The molecule has 0 aliphatic carbocycles. The number of H-pyrrole nitrogens is 1. The van der Waals surface area contributed by atoms with Gasteiger partial charge < -0.3 is 10.3 Å². The molecule has 0 spiro atoms. The van der Waals surface area contributed by atoms with Gasteiger partial charge in [0.25, 0.3) is 0 Å². The van der Waals surface area contributed by atoms with Gasteiger partial charge in [0.15, 0.2) is 0 Å². The van der Waals surface area contributed by atoms with Crippen LogP contribution in [0.1, 0.15) is 30.9 Å². The lowest BCUT2D eigenvalue weighted by Gasteiger charge is -2.29. The number of anilines is 1. The van der Waals surface area contributed by atoms with E-state index in [1.807, 2.05) is 48.5 Å². The normalized spacial score (nSPS) is 16.5. The average molecular weight is 399 g/mol. The lowest BCUT2D eigenvalue weighted by molar-refractivity contribution is 0.287. The van der Waals surface area contributed by atoms with Crippen LogP contribution in [-0.4, -0.2) is 35.8 Å². The zero-order chi connectivity index (χ0) is 19.6. The van der Waals surface area contributed by atoms with Crippen molar-refractivity contribution in [3.05, 3.63) is 59.7 Å². The number of nitrogens with one attached hydrogen (secondary N) is 2. The first kappa shape index (κ1) is 19.0. The van der Waals surface area contributed by atoms with Crippen LogP contribution < -0.4 is 5.32 Å². The zero-order valence-electron chi connectivity index (χ0n) is 16.1. The second-order valence-electron chi connectivity index (χ2n) is 7.56. The van der Waals surface area contributed by atoms with Crippen molar-refractivity contribution in [1.29, 1.82) is 0 Å². The first-order chi connectivity index (χ1) is 13.5. The van der Waals surface area contributed by atoms with E-state index in [4.69, 9.17) is 0 Å². The summed E-state index contributed by atoms with van der Waals surface area (Å²) < 4.78 is 27.4. The second-order valence-corrected chi connectivity index (χ2v) is 9.53. The van der Waals surface area contributed by atoms with Gasteiger partial charge in [-0.1, -0.05) is 43.3 Å². The van der Waals surface area contributed by atoms with Crippen molar-refractivity contribution in [2.75, 3.05) is 18.4 Å². The highest BCUT2D eigenvalue weighted by atomic mass is 32.2. The van der Waals surface area contributed by atoms with Gasteiger partial charge >= 0.3 is 0 Å². The van der Waals surface area contributed by atoms with Gasteiger partial charge in [0, 0.05) is 19.6 Å². The Kier molecular flexibility index (Phi) is 5.37. The fourth-order valence-corrected chi connectivity index (χ4v) is 5.26. The van der Waals surface area contributed by atoms with Crippen molar-refractivity contribution in [2.45, 2.75) is 32.1 Å². The topological polar surface area (TPSA) is 78.1 Å². The fraction of sp³-hybridized carbons (Fsp3) is 0.381. The molecular formula is C21H26N4O2S. The Bertz CT molecular complexity index is 1020. The SMILES string of the molecule is CC1CCN(S(=O)(=O)Cc2ccccc2CNc2nc3ccccc3[nH]2)CC1. The highest BCUT2D eigenvalue weighted by molar-refractivity contribution is 7.88. The van der Waals surface area contributed by atoms with Gasteiger partial charge in [-0.3, -0.25) is 0 Å². The molecule has 0 amide bonds. The number of nitrogens with zero attached hydrogens (tertiary/aromatic N) is 2. The third-order valence-corrected chi connectivity index (χ3v) is 7.26. The summed E-state index contributed by atoms with van der Waals surface area (Å²) >= 11 is 0. The lowest BCUT2D eigenvalue weighted by Crippen LogP contribution is -2.38. The van der Waals surface area contributed by atoms with Crippen molar-refractivity contribution >= 4 is 27.0 Å². The molecule has 2 N–H and O–H groups in total. The molecule has 0 unspecified atom stereocenters. The van der Waals surface area contributed by atoms with Gasteiger partial charge in [-0.05, 0) is 42.0 Å². The molecule has 0 saturated carbocycles. The van der Waals surface area contributed by atoms with Gasteiger partial charge in [0.1, 0.15) is 0 Å². The number of sulfonamides is 1. The minimum absolute atomic E-state index is 0.0410. The molecule has 0 radical (unpaired) electrons. The third-order valence-electron chi connectivity index (χ3n) is 5.43. The van der Waals surface area contributed by atoms with Gasteiger partial charge in [0.05, 0.1) is 16.8 Å². The van der Waals surface area contributed by atoms with Crippen molar-refractivity contribution in [1.82, 2.24) is 14.3 Å². The Morgan fingerprint density at radius 1 is 1.07 bits per heavy atom. The molecule has 1 aliphatic heterocycles. The number of aromatic amines is 1. The van der Waals surface area contributed by atoms with E-state index in [1.165, 1.54) is 0 Å². The Morgan fingerprint density at radius 3 is 2.50 bits per heavy atom. The van der Waals surface area contributed by atoms with E-state index in [9.17, 15) is 8.42 Å². The monoisotopic (exact) mass is 398 g/mol. The summed E-state index contributed by atoms with van der Waals surface area (Å²) in [4.78, 5) is 7.76. The number of piperidine rings is 1. The summed E-state index contributed by atoms with van der Waals surface area (Å²) in [6.45, 7) is 3.96. The molecule has 7 heteroatoms. The van der Waals surface area contributed by atoms with Crippen molar-refractivity contribution in [3.8, 4) is 0 Å². The Hall–Kier alpha value is -2.38. The molecule has 1 saturated heterocycles. The van der Waals surface area contributed by atoms with E-state index < -0.39 is 10.0 Å². The second kappa shape index (κ2) is 7.93. The van der Waals surface area contributed by atoms with Crippen LogP contribution in [0.3, 0.4) is 0 Å². The van der Waals surface area contributed by atoms with Crippen LogP contribution in [0, 0.1) is 5.92 Å². The number of rotatable bonds is 6. The van der Waals surface area contributed by atoms with Gasteiger partial charge in [-0.15, -0.1) is 0 Å². The summed E-state index contributed by atoms with van der Waals surface area (Å²) in [7, 11) is -3.30. The van der Waals surface area contributed by atoms with Crippen LogP contribution in [0.4, 0.5) is 5.95 Å². The largest absolute Gasteiger partial charge is 0.352 e. The fourth-order valence-electron chi connectivity index (χ4n) is 3.64. The van der Waals surface area contributed by atoms with Crippen LogP contribution >= 0.6 is 0 Å². The predicted molar refractivity (Wildman–Crippen MR) is 112 cm³/mol. The minimum atomic E-state index is -3.30. The molecular weight excluding hydrogens is 372 g/mol. The van der Waals surface area contributed by atoms with Crippen molar-refractivity contribution in [2.24, 2.45) is 5.92 Å². The van der Waals surface area contributed by atoms with Gasteiger partial charge in [-0.25, -0.2) is 17.7 Å². The molecule has 0 atom stereocenters. The maximum Gasteiger partial charge on any atom is 0.218 e. The molecule has 1 aromatic heterocycles. The highest BCUT2D eigenvalue weighted by Crippen LogP contribution is 2.23. The Labute approximate surface area is 166 Å². The van der Waals surface area contributed by atoms with Crippen molar-refractivity contribution in [3.63, 3.8) is 0 Å². The minimum Gasteiger partial charge on any atom is -0.352 e. The summed E-state index contributed by atoms with van der Waals surface area (Å²) in [6.07, 6.45) is 1.88. The van der Waals surface area contributed by atoms with Gasteiger partial charge in [-0.2, -0.15) is 0 Å². The average Bonchev–Trinajstić information content (AvgIpc) is 3.10. The Balaban J connectivity index is 1.47. The quantitative estimate of drug-likeness (QED) is 0.663. The zero-order valence-corrected chi connectivity index (χ0v) is 16.9. The number of imidazole rings is 1. The maximum atomic E-state index is 12.9. The molecule has 0 bridgehead atoms. The summed E-state index contributed by atoms with van der Waals surface area (Å²) in [5, 5.41) is 3.29. The summed E-state index contributed by atoms with van der Waals surface area (Å²) in [5.74, 6) is 1.33. The summed E-state index contributed by atoms with van der Waals surface area (Å²) in [5.41, 5.74) is 3.68. The Morgan fingerprint density at radius 2 is 1.75 bits per heavy atom. The lowest BCUT2D eigenvalue weighted by atomic mass is 10.0. The molecule has 3 aromatic rings. The molecule has 1 aliphatic rings. The van der Waals surface area contributed by atoms with E-state index in [0.29, 0.717) is 31.5 Å². The van der Waals surface area contributed by atoms with Crippen LogP contribution in [0.5, 0.6) is 0 Å². The number of benzene rings is 2. The molecule has 6 nitrogen and oxygen atoms in total. The van der Waals surface area contributed by atoms with E-state index in [2.05, 4.69) is 22.2 Å². The first-order valence-electron chi connectivity index (χ1n) is 9.74. The van der Waals surface area contributed by atoms with Crippen LogP contribution in [-0.2, 0) is 22.3 Å². The highest BCUT2D eigenvalue weighted by Gasteiger charge is 2.27. The molecule has 1 fully saturated rings. The standard InChI is InChI=1S/C21H26N4O2S/c1-16-10-12-25(13-11-16)28(26,27)15-18-7-3-2-6-17(18)14-22-21-23-19-8-4-5-9-20(19)24-21/h2-9,16H,10-15H2,1H3,(H2,22,23,24). The van der Waals surface area contributed by atoms with E-state index in [1.54, 1.807) is 4.31 Å². The predicted octanol–water partition coefficient (Wildman–Crippen LogP) is 3.74. The molecule has 2 aromatic carbocycles. The molecule has 148 valence electrons. The third kappa shape index (κ3) is 4.20. The van der Waals surface area contributed by atoms with Crippen LogP contribution in [0.25, 0.3) is 11.0 Å². The van der Waals surface area contributed by atoms with Crippen molar-refractivity contribution < 1.29 is 8.42 Å². The number of para-hydroxylation sites is 2. The first-order valence-corrected chi connectivity index (χ1v) is 11.4. The molecule has 2 heterocycles. The smallest absolute Gasteiger partial charge is 0.218 e. The number of aromatic nitrogens is 2. The van der Waals surface area contributed by atoms with E-state index in [0.717, 1.165) is 35.0 Å². The molecule has 28 heavy (non-hydrogen) atoms. The van der Waals surface area contributed by atoms with Gasteiger partial charge in [0.2, 0.25) is 16.0 Å². The number of hydrogen-bond donors (Lipinski definition) is 2. The number of hydrogen-bond acceptors (Lipinski definition) is 4.